The van der Waals surface area contributed by atoms with E-state index in [4.69, 9.17) is 4.74 Å². The first-order chi connectivity index (χ1) is 7.64. The van der Waals surface area contributed by atoms with E-state index < -0.39 is 11.6 Å². The lowest BCUT2D eigenvalue weighted by atomic mass is 10.0. The Kier molecular flexibility index (Phi) is 3.10. The highest BCUT2D eigenvalue weighted by atomic mass is 32.2. The first-order valence-corrected chi connectivity index (χ1v) is 6.35. The van der Waals surface area contributed by atoms with Crippen molar-refractivity contribution < 1.29 is 14.6 Å². The summed E-state index contributed by atoms with van der Waals surface area (Å²) in [6, 6.07) is 7.52. The molecule has 0 saturated carbocycles. The van der Waals surface area contributed by atoms with Crippen LogP contribution in [0.15, 0.2) is 24.3 Å². The Morgan fingerprint density at radius 3 is 2.81 bits per heavy atom. The highest BCUT2D eigenvalue weighted by molar-refractivity contribution is 7.99. The third kappa shape index (κ3) is 2.02. The fourth-order valence-corrected chi connectivity index (χ4v) is 3.00. The van der Waals surface area contributed by atoms with Gasteiger partial charge in [0.15, 0.2) is 0 Å². The van der Waals surface area contributed by atoms with Crippen LogP contribution < -0.4 is 4.74 Å². The number of thioether (sulfide) groups is 1. The molecule has 1 heterocycles. The van der Waals surface area contributed by atoms with Crippen molar-refractivity contribution in [2.24, 2.45) is 0 Å². The Morgan fingerprint density at radius 2 is 2.25 bits per heavy atom. The van der Waals surface area contributed by atoms with Crippen molar-refractivity contribution in [1.29, 1.82) is 0 Å². The van der Waals surface area contributed by atoms with Gasteiger partial charge in [0, 0.05) is 12.2 Å². The highest BCUT2D eigenvalue weighted by Crippen LogP contribution is 2.34. The molecule has 1 saturated heterocycles. The molecule has 1 aromatic rings. The minimum Gasteiger partial charge on any atom is -0.478 e. The number of carboxylic acids is 1. The average molecular weight is 238 g/mol. The first kappa shape index (κ1) is 11.3. The van der Waals surface area contributed by atoms with E-state index in [-0.39, 0.29) is 0 Å². The van der Waals surface area contributed by atoms with Crippen molar-refractivity contribution in [2.45, 2.75) is 18.9 Å². The van der Waals surface area contributed by atoms with E-state index in [1.165, 1.54) is 0 Å². The number of carboxylic acid groups (broad SMARTS) is 1. The molecular formula is C12H14O3S. The standard InChI is InChI=1S/C12H14O3S/c1-9-4-2-3-5-10(9)15-12(11(13)14)6-7-16-8-12/h2-5H,6-8H2,1H3,(H,13,14). The van der Waals surface area contributed by atoms with Crippen LogP contribution in [-0.2, 0) is 4.79 Å². The molecule has 0 radical (unpaired) electrons. The lowest BCUT2D eigenvalue weighted by Gasteiger charge is -2.25. The normalized spacial score (nSPS) is 24.3. The van der Waals surface area contributed by atoms with Gasteiger partial charge in [-0.2, -0.15) is 11.8 Å². The van der Waals surface area contributed by atoms with Gasteiger partial charge in [-0.1, -0.05) is 18.2 Å². The predicted molar refractivity (Wildman–Crippen MR) is 64.1 cm³/mol. The summed E-state index contributed by atoms with van der Waals surface area (Å²) in [7, 11) is 0. The van der Waals surface area contributed by atoms with Crippen LogP contribution in [0.5, 0.6) is 5.75 Å². The maximum Gasteiger partial charge on any atom is 0.348 e. The van der Waals surface area contributed by atoms with Crippen LogP contribution >= 0.6 is 11.8 Å². The number of hydrogen-bond acceptors (Lipinski definition) is 3. The molecule has 1 aliphatic rings. The second-order valence-corrected chi connectivity index (χ2v) is 5.07. The minimum atomic E-state index is -1.03. The topological polar surface area (TPSA) is 46.5 Å². The summed E-state index contributed by atoms with van der Waals surface area (Å²) in [5, 5.41) is 9.28. The lowest BCUT2D eigenvalue weighted by Crippen LogP contribution is -2.44. The van der Waals surface area contributed by atoms with Crippen molar-refractivity contribution >= 4 is 17.7 Å². The van der Waals surface area contributed by atoms with Crippen molar-refractivity contribution in [1.82, 2.24) is 0 Å². The Hall–Kier alpha value is -1.16. The van der Waals surface area contributed by atoms with E-state index in [9.17, 15) is 9.90 Å². The van der Waals surface area contributed by atoms with Crippen molar-refractivity contribution in [3.8, 4) is 5.75 Å². The van der Waals surface area contributed by atoms with E-state index in [0.29, 0.717) is 17.9 Å². The Morgan fingerprint density at radius 1 is 1.50 bits per heavy atom. The average Bonchev–Trinajstić information content (AvgIpc) is 2.71. The van der Waals surface area contributed by atoms with Crippen LogP contribution in [0.1, 0.15) is 12.0 Å². The Labute approximate surface area is 98.8 Å². The molecule has 1 N–H and O–H groups in total. The van der Waals surface area contributed by atoms with Crippen LogP contribution in [0, 0.1) is 6.92 Å². The van der Waals surface area contributed by atoms with Crippen molar-refractivity contribution in [2.75, 3.05) is 11.5 Å². The van der Waals surface area contributed by atoms with Gasteiger partial charge >= 0.3 is 5.97 Å². The molecule has 0 aliphatic carbocycles. The second kappa shape index (κ2) is 4.37. The summed E-state index contributed by atoms with van der Waals surface area (Å²) in [6.45, 7) is 1.92. The number of hydrogen-bond donors (Lipinski definition) is 1. The summed E-state index contributed by atoms with van der Waals surface area (Å²) in [4.78, 5) is 11.3. The first-order valence-electron chi connectivity index (χ1n) is 5.20. The summed E-state index contributed by atoms with van der Waals surface area (Å²) in [5.41, 5.74) is -0.0587. The Balaban J connectivity index is 2.25. The molecule has 2 rings (SSSR count). The fourth-order valence-electron chi connectivity index (χ4n) is 1.72. The van der Waals surface area contributed by atoms with Gasteiger partial charge in [0.1, 0.15) is 5.75 Å². The zero-order chi connectivity index (χ0) is 11.6. The Bertz CT molecular complexity index is 397. The molecule has 0 spiro atoms. The van der Waals surface area contributed by atoms with E-state index >= 15 is 0 Å². The monoisotopic (exact) mass is 238 g/mol. The SMILES string of the molecule is Cc1ccccc1OC1(C(=O)O)CCSC1. The van der Waals surface area contributed by atoms with E-state index in [1.807, 2.05) is 31.2 Å². The minimum absolute atomic E-state index is 0.524. The summed E-state index contributed by atoms with van der Waals surface area (Å²) in [5.74, 6) is 1.18. The van der Waals surface area contributed by atoms with Gasteiger partial charge < -0.3 is 9.84 Å². The number of benzene rings is 1. The largest absolute Gasteiger partial charge is 0.478 e. The quantitative estimate of drug-likeness (QED) is 0.878. The second-order valence-electron chi connectivity index (χ2n) is 3.97. The number of rotatable bonds is 3. The fraction of sp³-hybridized carbons (Fsp3) is 0.417. The molecule has 1 aliphatic heterocycles. The van der Waals surface area contributed by atoms with Gasteiger partial charge in [-0.25, -0.2) is 4.79 Å². The van der Waals surface area contributed by atoms with Gasteiger partial charge in [0.25, 0.3) is 0 Å². The molecule has 1 fully saturated rings. The maximum atomic E-state index is 11.3. The molecule has 16 heavy (non-hydrogen) atoms. The lowest BCUT2D eigenvalue weighted by molar-refractivity contribution is -0.153. The predicted octanol–water partition coefficient (Wildman–Crippen LogP) is 2.33. The van der Waals surface area contributed by atoms with Gasteiger partial charge in [0.2, 0.25) is 5.60 Å². The van der Waals surface area contributed by atoms with Gasteiger partial charge in [-0.15, -0.1) is 0 Å². The van der Waals surface area contributed by atoms with Crippen LogP contribution in [0.25, 0.3) is 0 Å². The molecule has 0 amide bonds. The molecule has 1 unspecified atom stereocenters. The smallest absolute Gasteiger partial charge is 0.348 e. The molecule has 1 atom stereocenters. The zero-order valence-corrected chi connectivity index (χ0v) is 9.92. The highest BCUT2D eigenvalue weighted by Gasteiger charge is 2.44. The number of carbonyl (C=O) groups is 1. The number of ether oxygens (including phenoxy) is 1. The third-order valence-corrected chi connectivity index (χ3v) is 3.94. The third-order valence-electron chi connectivity index (χ3n) is 2.77. The number of aliphatic carboxylic acids is 1. The molecule has 0 aromatic heterocycles. The van der Waals surface area contributed by atoms with Gasteiger partial charge in [-0.3, -0.25) is 0 Å². The van der Waals surface area contributed by atoms with E-state index in [2.05, 4.69) is 0 Å². The maximum absolute atomic E-state index is 11.3. The molecule has 1 aromatic carbocycles. The number of aryl methyl sites for hydroxylation is 1. The van der Waals surface area contributed by atoms with Gasteiger partial charge in [0.05, 0.1) is 0 Å². The summed E-state index contributed by atoms with van der Waals surface area (Å²) in [6.07, 6.45) is 0.571. The van der Waals surface area contributed by atoms with Crippen LogP contribution in [0.3, 0.4) is 0 Å². The summed E-state index contributed by atoms with van der Waals surface area (Å²) >= 11 is 1.63. The number of para-hydroxylation sites is 1. The summed E-state index contributed by atoms with van der Waals surface area (Å²) < 4.78 is 5.73. The zero-order valence-electron chi connectivity index (χ0n) is 9.10. The molecule has 0 bridgehead atoms. The molecule has 86 valence electrons. The van der Waals surface area contributed by atoms with Crippen LogP contribution in [0.2, 0.25) is 0 Å². The van der Waals surface area contributed by atoms with E-state index in [1.54, 1.807) is 11.8 Å². The van der Waals surface area contributed by atoms with Crippen LogP contribution in [0.4, 0.5) is 0 Å². The van der Waals surface area contributed by atoms with Gasteiger partial charge in [-0.05, 0) is 24.3 Å². The molecule has 4 heteroatoms. The molecule has 3 nitrogen and oxygen atoms in total. The van der Waals surface area contributed by atoms with E-state index in [0.717, 1.165) is 11.3 Å². The van der Waals surface area contributed by atoms with Crippen LogP contribution in [-0.4, -0.2) is 28.2 Å². The van der Waals surface area contributed by atoms with Crippen molar-refractivity contribution in [3.63, 3.8) is 0 Å². The van der Waals surface area contributed by atoms with Crippen molar-refractivity contribution in [3.05, 3.63) is 29.8 Å². The molecular weight excluding hydrogens is 224 g/mol.